The third-order valence-corrected chi connectivity index (χ3v) is 5.15. The highest BCUT2D eigenvalue weighted by molar-refractivity contribution is 6.05. The fourth-order valence-electron chi connectivity index (χ4n) is 3.42. The highest BCUT2D eigenvalue weighted by Crippen LogP contribution is 2.27. The standard InChI is InChI=1S/C27H23N3O3/c28-17-23-10-9-21(26(31)30-24-11-13-29-14-12-24)16-25(23)20-7-4-8-22(15-20)27(32)33-18-19-5-2-1-3-6-19/h1-16H,17-18,28H2,(H,29,30,31). The van der Waals surface area contributed by atoms with Crippen LogP contribution < -0.4 is 11.1 Å². The number of benzene rings is 3. The number of aromatic nitrogens is 1. The van der Waals surface area contributed by atoms with E-state index in [1.807, 2.05) is 42.5 Å². The first-order valence-corrected chi connectivity index (χ1v) is 10.5. The SMILES string of the molecule is NCc1ccc(C(=O)Nc2ccncc2)cc1-c1cccc(C(=O)OCc2ccccc2)c1. The number of esters is 1. The second-order valence-electron chi connectivity index (χ2n) is 7.41. The summed E-state index contributed by atoms with van der Waals surface area (Å²) < 4.78 is 5.46. The summed E-state index contributed by atoms with van der Waals surface area (Å²) >= 11 is 0. The van der Waals surface area contributed by atoms with Gasteiger partial charge >= 0.3 is 5.97 Å². The van der Waals surface area contributed by atoms with Crippen molar-refractivity contribution in [1.29, 1.82) is 0 Å². The summed E-state index contributed by atoms with van der Waals surface area (Å²) in [7, 11) is 0. The zero-order valence-electron chi connectivity index (χ0n) is 17.9. The third-order valence-electron chi connectivity index (χ3n) is 5.15. The van der Waals surface area contributed by atoms with Crippen LogP contribution in [0.2, 0.25) is 0 Å². The number of anilines is 1. The van der Waals surface area contributed by atoms with E-state index < -0.39 is 5.97 Å². The van der Waals surface area contributed by atoms with Crippen molar-refractivity contribution in [3.05, 3.63) is 120 Å². The highest BCUT2D eigenvalue weighted by atomic mass is 16.5. The van der Waals surface area contributed by atoms with E-state index >= 15 is 0 Å². The van der Waals surface area contributed by atoms with Crippen LogP contribution in [-0.2, 0) is 17.9 Å². The summed E-state index contributed by atoms with van der Waals surface area (Å²) in [5, 5.41) is 2.85. The molecule has 0 fully saturated rings. The fourth-order valence-corrected chi connectivity index (χ4v) is 3.42. The molecule has 3 aromatic carbocycles. The minimum absolute atomic E-state index is 0.197. The van der Waals surface area contributed by atoms with Crippen LogP contribution in [0.25, 0.3) is 11.1 Å². The predicted octanol–water partition coefficient (Wildman–Crippen LogP) is 4.82. The molecule has 0 atom stereocenters. The first kappa shape index (κ1) is 21.9. The molecule has 0 aliphatic rings. The van der Waals surface area contributed by atoms with Crippen molar-refractivity contribution in [2.45, 2.75) is 13.2 Å². The molecule has 6 nitrogen and oxygen atoms in total. The van der Waals surface area contributed by atoms with Crippen LogP contribution in [-0.4, -0.2) is 16.9 Å². The molecular weight excluding hydrogens is 414 g/mol. The smallest absolute Gasteiger partial charge is 0.338 e. The molecule has 6 heteroatoms. The topological polar surface area (TPSA) is 94.3 Å². The number of hydrogen-bond donors (Lipinski definition) is 2. The van der Waals surface area contributed by atoms with Gasteiger partial charge in [0.25, 0.3) is 5.91 Å². The largest absolute Gasteiger partial charge is 0.457 e. The van der Waals surface area contributed by atoms with E-state index in [1.54, 1.807) is 54.9 Å². The minimum atomic E-state index is -0.415. The summed E-state index contributed by atoms with van der Waals surface area (Å²) in [5.41, 5.74) is 10.9. The average molecular weight is 437 g/mol. The minimum Gasteiger partial charge on any atom is -0.457 e. The molecule has 164 valence electrons. The van der Waals surface area contributed by atoms with Crippen LogP contribution in [0.5, 0.6) is 0 Å². The van der Waals surface area contributed by atoms with Gasteiger partial charge in [-0.1, -0.05) is 48.5 Å². The summed E-state index contributed by atoms with van der Waals surface area (Å²) in [4.78, 5) is 29.3. The summed E-state index contributed by atoms with van der Waals surface area (Å²) in [6, 6.07) is 25.4. The van der Waals surface area contributed by atoms with Crippen molar-refractivity contribution >= 4 is 17.6 Å². The number of nitrogens with zero attached hydrogens (tertiary/aromatic N) is 1. The fraction of sp³-hybridized carbons (Fsp3) is 0.0741. The molecule has 1 aromatic heterocycles. The molecule has 0 spiro atoms. The maximum atomic E-state index is 12.8. The number of ether oxygens (including phenoxy) is 1. The average Bonchev–Trinajstić information content (AvgIpc) is 2.88. The van der Waals surface area contributed by atoms with Gasteiger partial charge in [-0.15, -0.1) is 0 Å². The Balaban J connectivity index is 1.57. The second kappa shape index (κ2) is 10.3. The molecule has 0 saturated carbocycles. The molecule has 4 rings (SSSR count). The molecule has 1 heterocycles. The predicted molar refractivity (Wildman–Crippen MR) is 128 cm³/mol. The van der Waals surface area contributed by atoms with Gasteiger partial charge in [0.15, 0.2) is 0 Å². The Morgan fingerprint density at radius 3 is 2.39 bits per heavy atom. The van der Waals surface area contributed by atoms with Crippen LogP contribution in [0.1, 0.15) is 31.8 Å². The molecule has 0 radical (unpaired) electrons. The Labute approximate surface area is 192 Å². The zero-order valence-corrected chi connectivity index (χ0v) is 17.9. The van der Waals surface area contributed by atoms with Gasteiger partial charge in [0, 0.05) is 30.2 Å². The van der Waals surface area contributed by atoms with E-state index in [2.05, 4.69) is 10.3 Å². The van der Waals surface area contributed by atoms with Gasteiger partial charge in [0.1, 0.15) is 6.61 Å². The lowest BCUT2D eigenvalue weighted by Crippen LogP contribution is -2.12. The molecule has 33 heavy (non-hydrogen) atoms. The number of nitrogens with one attached hydrogen (secondary N) is 1. The lowest BCUT2D eigenvalue weighted by Gasteiger charge is -2.12. The monoisotopic (exact) mass is 437 g/mol. The van der Waals surface area contributed by atoms with Crippen LogP contribution >= 0.6 is 0 Å². The number of pyridine rings is 1. The van der Waals surface area contributed by atoms with Crippen LogP contribution in [0, 0.1) is 0 Å². The van der Waals surface area contributed by atoms with Crippen molar-refractivity contribution in [2.75, 3.05) is 5.32 Å². The van der Waals surface area contributed by atoms with Crippen LogP contribution in [0.4, 0.5) is 5.69 Å². The van der Waals surface area contributed by atoms with Gasteiger partial charge in [0.2, 0.25) is 0 Å². The van der Waals surface area contributed by atoms with Gasteiger partial charge < -0.3 is 15.8 Å². The number of nitrogens with two attached hydrogens (primary N) is 1. The molecule has 0 aliphatic heterocycles. The van der Waals surface area contributed by atoms with Gasteiger partial charge in [-0.25, -0.2) is 4.79 Å². The quantitative estimate of drug-likeness (QED) is 0.405. The van der Waals surface area contributed by atoms with Crippen molar-refractivity contribution in [3.8, 4) is 11.1 Å². The van der Waals surface area contributed by atoms with Crippen LogP contribution in [0.3, 0.4) is 0 Å². The zero-order chi connectivity index (χ0) is 23.0. The third kappa shape index (κ3) is 5.50. The first-order chi connectivity index (χ1) is 16.1. The molecule has 3 N–H and O–H groups in total. The van der Waals surface area contributed by atoms with Crippen LogP contribution in [0.15, 0.2) is 97.3 Å². The number of amides is 1. The van der Waals surface area contributed by atoms with E-state index in [0.717, 1.165) is 22.3 Å². The van der Waals surface area contributed by atoms with Crippen molar-refractivity contribution < 1.29 is 14.3 Å². The maximum Gasteiger partial charge on any atom is 0.338 e. The molecule has 4 aromatic rings. The first-order valence-electron chi connectivity index (χ1n) is 10.5. The van der Waals surface area contributed by atoms with Gasteiger partial charge in [-0.3, -0.25) is 9.78 Å². The number of carbonyl (C=O) groups is 2. The number of hydrogen-bond acceptors (Lipinski definition) is 5. The normalized spacial score (nSPS) is 10.5. The van der Waals surface area contributed by atoms with E-state index in [9.17, 15) is 9.59 Å². The lowest BCUT2D eigenvalue weighted by molar-refractivity contribution is 0.0472. The Kier molecular flexibility index (Phi) is 6.87. The molecule has 0 saturated heterocycles. The molecule has 0 unspecified atom stereocenters. The lowest BCUT2D eigenvalue weighted by atomic mass is 9.95. The Morgan fingerprint density at radius 1 is 0.848 bits per heavy atom. The highest BCUT2D eigenvalue weighted by Gasteiger charge is 2.14. The second-order valence-corrected chi connectivity index (χ2v) is 7.41. The van der Waals surface area contributed by atoms with E-state index in [-0.39, 0.29) is 12.5 Å². The van der Waals surface area contributed by atoms with Crippen molar-refractivity contribution in [2.24, 2.45) is 5.73 Å². The van der Waals surface area contributed by atoms with Crippen molar-refractivity contribution in [3.63, 3.8) is 0 Å². The van der Waals surface area contributed by atoms with E-state index in [4.69, 9.17) is 10.5 Å². The van der Waals surface area contributed by atoms with Crippen molar-refractivity contribution in [1.82, 2.24) is 4.98 Å². The van der Waals surface area contributed by atoms with E-state index in [1.165, 1.54) is 0 Å². The van der Waals surface area contributed by atoms with Gasteiger partial charge in [-0.05, 0) is 58.7 Å². The summed E-state index contributed by atoms with van der Waals surface area (Å²) in [6.45, 7) is 0.493. The summed E-state index contributed by atoms with van der Waals surface area (Å²) in [5.74, 6) is -0.661. The molecule has 0 bridgehead atoms. The van der Waals surface area contributed by atoms with Gasteiger partial charge in [-0.2, -0.15) is 0 Å². The Morgan fingerprint density at radius 2 is 1.64 bits per heavy atom. The molecule has 1 amide bonds. The summed E-state index contributed by atoms with van der Waals surface area (Å²) in [6.07, 6.45) is 3.22. The Bertz CT molecular complexity index is 1260. The molecule has 0 aliphatic carbocycles. The van der Waals surface area contributed by atoms with E-state index in [0.29, 0.717) is 23.4 Å². The maximum absolute atomic E-state index is 12.8. The molecular formula is C27H23N3O3. The number of rotatable bonds is 7. The van der Waals surface area contributed by atoms with Gasteiger partial charge in [0.05, 0.1) is 5.56 Å². The Hall–Kier alpha value is -4.29. The number of carbonyl (C=O) groups excluding carboxylic acids is 2.